The molecule has 1 saturated carbocycles. The summed E-state index contributed by atoms with van der Waals surface area (Å²) in [7, 11) is 2.04. The highest BCUT2D eigenvalue weighted by atomic mass is 79.9. The largest absolute Gasteiger partial charge is 0.301 e. The first-order valence-electron chi connectivity index (χ1n) is 7.26. The van der Waals surface area contributed by atoms with Gasteiger partial charge in [-0.2, -0.15) is 5.10 Å². The van der Waals surface area contributed by atoms with Gasteiger partial charge >= 0.3 is 0 Å². The zero-order valence-electron chi connectivity index (χ0n) is 11.9. The van der Waals surface area contributed by atoms with Crippen LogP contribution in [0.15, 0.2) is 4.47 Å². The van der Waals surface area contributed by atoms with E-state index in [0.717, 1.165) is 18.2 Å². The van der Waals surface area contributed by atoms with E-state index in [1.165, 1.54) is 55.7 Å². The first kappa shape index (κ1) is 13.6. The highest BCUT2D eigenvalue weighted by Crippen LogP contribution is 2.30. The minimum atomic E-state index is 1.01. The van der Waals surface area contributed by atoms with Crippen LogP contribution < -0.4 is 0 Å². The molecule has 1 aliphatic carbocycles. The number of aromatic nitrogens is 2. The molecule has 0 aromatic carbocycles. The van der Waals surface area contributed by atoms with Crippen LogP contribution in [-0.2, 0) is 13.6 Å². The highest BCUT2D eigenvalue weighted by Gasteiger charge is 2.26. The van der Waals surface area contributed by atoms with Gasteiger partial charge < -0.3 is 4.90 Å². The van der Waals surface area contributed by atoms with Crippen molar-refractivity contribution in [1.29, 1.82) is 0 Å². The monoisotopic (exact) mass is 326 g/mol. The Morgan fingerprint density at radius 1 is 1.16 bits per heavy atom. The molecule has 2 aliphatic rings. The highest BCUT2D eigenvalue weighted by molar-refractivity contribution is 9.10. The second-order valence-electron chi connectivity index (χ2n) is 5.99. The van der Waals surface area contributed by atoms with Gasteiger partial charge in [-0.1, -0.05) is 0 Å². The quantitative estimate of drug-likeness (QED) is 0.846. The van der Waals surface area contributed by atoms with E-state index in [1.54, 1.807) is 0 Å². The average molecular weight is 327 g/mol. The van der Waals surface area contributed by atoms with Crippen LogP contribution in [-0.4, -0.2) is 52.3 Å². The van der Waals surface area contributed by atoms with Crippen molar-refractivity contribution in [3.05, 3.63) is 15.9 Å². The van der Waals surface area contributed by atoms with Crippen LogP contribution >= 0.6 is 15.9 Å². The molecule has 106 valence electrons. The zero-order chi connectivity index (χ0) is 13.4. The van der Waals surface area contributed by atoms with Crippen LogP contribution in [0.3, 0.4) is 0 Å². The van der Waals surface area contributed by atoms with Gasteiger partial charge in [0.25, 0.3) is 0 Å². The Bertz CT molecular complexity index is 445. The van der Waals surface area contributed by atoms with E-state index < -0.39 is 0 Å². The molecule has 2 fully saturated rings. The predicted molar refractivity (Wildman–Crippen MR) is 80.1 cm³/mol. The third-order valence-corrected chi connectivity index (χ3v) is 5.34. The Balaban J connectivity index is 1.53. The fourth-order valence-electron chi connectivity index (χ4n) is 2.86. The Labute approximate surface area is 123 Å². The summed E-state index contributed by atoms with van der Waals surface area (Å²) in [5, 5.41) is 4.47. The van der Waals surface area contributed by atoms with Gasteiger partial charge in [-0.25, -0.2) is 0 Å². The molecule has 1 saturated heterocycles. The van der Waals surface area contributed by atoms with Crippen molar-refractivity contribution in [3.63, 3.8) is 0 Å². The lowest BCUT2D eigenvalue weighted by molar-refractivity contribution is 0.121. The predicted octanol–water partition coefficient (Wildman–Crippen LogP) is 2.02. The molecular formula is C14H23BrN4. The molecule has 1 aromatic rings. The van der Waals surface area contributed by atoms with Crippen molar-refractivity contribution in [2.45, 2.75) is 26.3 Å². The summed E-state index contributed by atoms with van der Waals surface area (Å²) in [4.78, 5) is 5.18. The lowest BCUT2D eigenvalue weighted by Gasteiger charge is -2.34. The Kier molecular flexibility index (Phi) is 3.96. The van der Waals surface area contributed by atoms with Gasteiger partial charge in [0, 0.05) is 46.3 Å². The Morgan fingerprint density at radius 2 is 1.79 bits per heavy atom. The molecule has 0 radical (unpaired) electrons. The summed E-state index contributed by atoms with van der Waals surface area (Å²) in [5.41, 5.74) is 2.39. The zero-order valence-corrected chi connectivity index (χ0v) is 13.5. The molecule has 19 heavy (non-hydrogen) atoms. The minimum absolute atomic E-state index is 1.01. The van der Waals surface area contributed by atoms with Crippen molar-refractivity contribution < 1.29 is 0 Å². The summed E-state index contributed by atoms with van der Waals surface area (Å²) in [5.74, 6) is 1.01. The van der Waals surface area contributed by atoms with Crippen molar-refractivity contribution in [2.75, 3.05) is 32.7 Å². The maximum absolute atomic E-state index is 4.47. The van der Waals surface area contributed by atoms with Gasteiger partial charge in [-0.15, -0.1) is 0 Å². The van der Waals surface area contributed by atoms with E-state index in [-0.39, 0.29) is 0 Å². The molecule has 1 aliphatic heterocycles. The van der Waals surface area contributed by atoms with E-state index in [0.29, 0.717) is 0 Å². The first-order chi connectivity index (χ1) is 9.13. The van der Waals surface area contributed by atoms with Crippen molar-refractivity contribution >= 4 is 15.9 Å². The second-order valence-corrected chi connectivity index (χ2v) is 6.78. The third-order valence-electron chi connectivity index (χ3n) is 4.31. The van der Waals surface area contributed by atoms with Crippen LogP contribution in [0.5, 0.6) is 0 Å². The van der Waals surface area contributed by atoms with E-state index >= 15 is 0 Å². The molecule has 5 heteroatoms. The minimum Gasteiger partial charge on any atom is -0.301 e. The fourth-order valence-corrected chi connectivity index (χ4v) is 3.32. The molecule has 4 nitrogen and oxygen atoms in total. The molecule has 0 atom stereocenters. The number of nitrogens with zero attached hydrogens (tertiary/aromatic N) is 4. The summed E-state index contributed by atoms with van der Waals surface area (Å²) in [6.45, 7) is 9.22. The number of piperazine rings is 1. The van der Waals surface area contributed by atoms with E-state index in [4.69, 9.17) is 0 Å². The standard InChI is InChI=1S/C14H23BrN4/c1-11-14(15)13(17(2)16-11)10-19-7-5-18(6-8-19)9-12-3-4-12/h12H,3-10H2,1-2H3. The van der Waals surface area contributed by atoms with E-state index in [2.05, 4.69) is 37.8 Å². The average Bonchev–Trinajstić information content (AvgIpc) is 3.16. The van der Waals surface area contributed by atoms with Gasteiger partial charge in [-0.05, 0) is 41.6 Å². The number of hydrogen-bond donors (Lipinski definition) is 0. The summed E-state index contributed by atoms with van der Waals surface area (Å²) < 4.78 is 3.19. The van der Waals surface area contributed by atoms with Crippen molar-refractivity contribution in [2.24, 2.45) is 13.0 Å². The Hall–Kier alpha value is -0.390. The number of hydrogen-bond acceptors (Lipinski definition) is 3. The Morgan fingerprint density at radius 3 is 2.32 bits per heavy atom. The lowest BCUT2D eigenvalue weighted by Crippen LogP contribution is -2.46. The van der Waals surface area contributed by atoms with Gasteiger partial charge in [0.1, 0.15) is 0 Å². The summed E-state index contributed by atoms with van der Waals surface area (Å²) >= 11 is 3.66. The molecule has 2 heterocycles. The SMILES string of the molecule is Cc1nn(C)c(CN2CCN(CC3CC3)CC2)c1Br. The van der Waals surface area contributed by atoms with Crippen LogP contribution in [0.1, 0.15) is 24.2 Å². The number of halogens is 1. The number of rotatable bonds is 4. The molecule has 0 bridgehead atoms. The molecular weight excluding hydrogens is 304 g/mol. The lowest BCUT2D eigenvalue weighted by atomic mass is 10.2. The van der Waals surface area contributed by atoms with E-state index in [9.17, 15) is 0 Å². The molecule has 0 unspecified atom stereocenters. The normalized spacial score (nSPS) is 22.1. The van der Waals surface area contributed by atoms with Gasteiger partial charge in [-0.3, -0.25) is 9.58 Å². The van der Waals surface area contributed by atoms with Crippen LogP contribution in [0, 0.1) is 12.8 Å². The van der Waals surface area contributed by atoms with Crippen molar-refractivity contribution in [3.8, 4) is 0 Å². The molecule has 1 aromatic heterocycles. The maximum Gasteiger partial charge on any atom is 0.0739 e. The second kappa shape index (κ2) is 5.54. The van der Waals surface area contributed by atoms with Crippen LogP contribution in [0.2, 0.25) is 0 Å². The third kappa shape index (κ3) is 3.20. The maximum atomic E-state index is 4.47. The topological polar surface area (TPSA) is 24.3 Å². The van der Waals surface area contributed by atoms with E-state index in [1.807, 2.05) is 11.7 Å². The first-order valence-corrected chi connectivity index (χ1v) is 8.05. The summed E-state index contributed by atoms with van der Waals surface area (Å²) in [6, 6.07) is 0. The van der Waals surface area contributed by atoms with Crippen molar-refractivity contribution in [1.82, 2.24) is 19.6 Å². The molecule has 0 spiro atoms. The van der Waals surface area contributed by atoms with Crippen LogP contribution in [0.4, 0.5) is 0 Å². The molecule has 3 rings (SSSR count). The fraction of sp³-hybridized carbons (Fsp3) is 0.786. The smallest absolute Gasteiger partial charge is 0.0739 e. The molecule has 0 N–H and O–H groups in total. The van der Waals surface area contributed by atoms with Crippen LogP contribution in [0.25, 0.3) is 0 Å². The number of aryl methyl sites for hydroxylation is 2. The summed E-state index contributed by atoms with van der Waals surface area (Å²) in [6.07, 6.45) is 2.92. The van der Waals surface area contributed by atoms with Gasteiger partial charge in [0.05, 0.1) is 15.9 Å². The molecule has 0 amide bonds. The van der Waals surface area contributed by atoms with Gasteiger partial charge in [0.15, 0.2) is 0 Å². The van der Waals surface area contributed by atoms with Gasteiger partial charge in [0.2, 0.25) is 0 Å².